The molecule has 0 saturated heterocycles. The first-order valence-electron chi connectivity index (χ1n) is 5.75. The van der Waals surface area contributed by atoms with E-state index in [1.165, 1.54) is 31.6 Å². The van der Waals surface area contributed by atoms with Gasteiger partial charge >= 0.3 is 0 Å². The highest BCUT2D eigenvalue weighted by Gasteiger charge is 2.01. The summed E-state index contributed by atoms with van der Waals surface area (Å²) in [6.07, 6.45) is 6.92. The molecule has 0 unspecified atom stereocenters. The lowest BCUT2D eigenvalue weighted by Crippen LogP contribution is -1.87. The van der Waals surface area contributed by atoms with Crippen molar-refractivity contribution in [2.45, 2.75) is 38.4 Å². The minimum Gasteiger partial charge on any atom is -0.508 e. The summed E-state index contributed by atoms with van der Waals surface area (Å²) < 4.78 is 0. The van der Waals surface area contributed by atoms with Crippen molar-refractivity contribution in [3.05, 3.63) is 23.8 Å². The highest BCUT2D eigenvalue weighted by molar-refractivity contribution is 6.08. The van der Waals surface area contributed by atoms with Gasteiger partial charge in [-0.05, 0) is 36.6 Å². The van der Waals surface area contributed by atoms with Gasteiger partial charge in [0.1, 0.15) is 19.3 Å². The second-order valence-electron chi connectivity index (χ2n) is 3.98. The molecule has 0 atom stereocenters. The third-order valence-corrected chi connectivity index (χ3v) is 2.61. The quantitative estimate of drug-likeness (QED) is 0.425. The van der Waals surface area contributed by atoms with Crippen LogP contribution in [0.25, 0.3) is 0 Å². The molecule has 1 aromatic carbocycles. The molecule has 0 fully saturated rings. The number of phenols is 2. The molecule has 0 aliphatic rings. The van der Waals surface area contributed by atoms with Gasteiger partial charge in [0, 0.05) is 0 Å². The Kier molecular flexibility index (Phi) is 5.09. The highest BCUT2D eigenvalue weighted by Crippen LogP contribution is 2.23. The Balaban J connectivity index is 2.33. The second kappa shape index (κ2) is 6.38. The van der Waals surface area contributed by atoms with Gasteiger partial charge in [0.05, 0.1) is 0 Å². The summed E-state index contributed by atoms with van der Waals surface area (Å²) in [5, 5.41) is 18.8. The summed E-state index contributed by atoms with van der Waals surface area (Å²) in [5.74, 6) is 0.527. The van der Waals surface area contributed by atoms with Crippen molar-refractivity contribution in [1.82, 2.24) is 0 Å². The minimum absolute atomic E-state index is 0.233. The van der Waals surface area contributed by atoms with Gasteiger partial charge in [-0.1, -0.05) is 25.6 Å². The molecule has 2 nitrogen and oxygen atoms in total. The van der Waals surface area contributed by atoms with Crippen LogP contribution >= 0.6 is 0 Å². The van der Waals surface area contributed by atoms with Crippen molar-refractivity contribution >= 4 is 7.85 Å². The van der Waals surface area contributed by atoms with Crippen LogP contribution in [0.1, 0.15) is 31.2 Å². The number of hydrogen-bond acceptors (Lipinski definition) is 2. The third kappa shape index (κ3) is 4.28. The van der Waals surface area contributed by atoms with E-state index in [0.29, 0.717) is 5.75 Å². The second-order valence-corrected chi connectivity index (χ2v) is 3.98. The van der Waals surface area contributed by atoms with Crippen LogP contribution < -0.4 is 0 Å². The van der Waals surface area contributed by atoms with Crippen molar-refractivity contribution in [2.75, 3.05) is 0 Å². The van der Waals surface area contributed by atoms with Gasteiger partial charge in [0.25, 0.3) is 0 Å². The maximum Gasteiger partial charge on any atom is 0.119 e. The largest absolute Gasteiger partial charge is 0.508 e. The number of benzene rings is 1. The Hall–Kier alpha value is -1.12. The number of unbranched alkanes of at least 4 members (excludes halogenated alkanes) is 3. The van der Waals surface area contributed by atoms with E-state index in [1.54, 1.807) is 12.1 Å². The van der Waals surface area contributed by atoms with E-state index in [1.807, 2.05) is 0 Å². The molecular formula is C12H19BO2. The fraction of sp³-hybridized carbons (Fsp3) is 0.500. The van der Waals surface area contributed by atoms with Crippen LogP contribution in [0.5, 0.6) is 11.5 Å². The van der Waals surface area contributed by atoms with Crippen LogP contribution in [0.15, 0.2) is 18.2 Å². The first kappa shape index (κ1) is 12.0. The molecule has 0 heterocycles. The predicted molar refractivity (Wildman–Crippen MR) is 65.3 cm³/mol. The Labute approximate surface area is 92.4 Å². The zero-order chi connectivity index (χ0) is 11.1. The first-order valence-corrected chi connectivity index (χ1v) is 5.75. The fourth-order valence-electron chi connectivity index (χ4n) is 1.69. The van der Waals surface area contributed by atoms with E-state index < -0.39 is 0 Å². The van der Waals surface area contributed by atoms with E-state index in [-0.39, 0.29) is 5.75 Å². The van der Waals surface area contributed by atoms with Gasteiger partial charge in [0.15, 0.2) is 0 Å². The summed E-state index contributed by atoms with van der Waals surface area (Å²) >= 11 is 0. The van der Waals surface area contributed by atoms with Crippen LogP contribution in [0.2, 0.25) is 6.32 Å². The molecule has 0 amide bonds. The highest BCUT2D eigenvalue weighted by atomic mass is 16.3. The topological polar surface area (TPSA) is 40.5 Å². The lowest BCUT2D eigenvalue weighted by atomic mass is 9.98. The average molecular weight is 206 g/mol. The van der Waals surface area contributed by atoms with Crippen molar-refractivity contribution in [2.24, 2.45) is 0 Å². The molecule has 0 radical (unpaired) electrons. The van der Waals surface area contributed by atoms with Crippen LogP contribution in [0, 0.1) is 0 Å². The molecule has 1 rings (SSSR count). The van der Waals surface area contributed by atoms with Gasteiger partial charge in [-0.25, -0.2) is 0 Å². The Morgan fingerprint density at radius 1 is 1.00 bits per heavy atom. The van der Waals surface area contributed by atoms with E-state index >= 15 is 0 Å². The Morgan fingerprint density at radius 2 is 1.73 bits per heavy atom. The molecule has 0 spiro atoms. The molecule has 3 heteroatoms. The fourth-order valence-corrected chi connectivity index (χ4v) is 1.69. The number of aryl methyl sites for hydroxylation is 1. The van der Waals surface area contributed by atoms with Crippen LogP contribution in [-0.2, 0) is 6.42 Å². The van der Waals surface area contributed by atoms with Crippen molar-refractivity contribution in [3.63, 3.8) is 0 Å². The first-order chi connectivity index (χ1) is 7.24. The maximum absolute atomic E-state index is 9.53. The average Bonchev–Trinajstić information content (AvgIpc) is 2.23. The number of phenolic OH excluding ortho intramolecular Hbond substituents is 2. The Bertz CT molecular complexity index is 300. The zero-order valence-electron chi connectivity index (χ0n) is 9.37. The summed E-state index contributed by atoms with van der Waals surface area (Å²) in [4.78, 5) is 0. The van der Waals surface area contributed by atoms with Gasteiger partial charge in [0.2, 0.25) is 0 Å². The molecule has 2 N–H and O–H groups in total. The summed E-state index contributed by atoms with van der Waals surface area (Å²) in [6.45, 7) is 0. The van der Waals surface area contributed by atoms with Crippen molar-refractivity contribution < 1.29 is 10.2 Å². The van der Waals surface area contributed by atoms with Crippen LogP contribution in [0.4, 0.5) is 0 Å². The minimum atomic E-state index is 0.233. The van der Waals surface area contributed by atoms with Crippen molar-refractivity contribution in [1.29, 1.82) is 0 Å². The molecule has 0 aliphatic heterocycles. The van der Waals surface area contributed by atoms with Gasteiger partial charge < -0.3 is 10.2 Å². The van der Waals surface area contributed by atoms with E-state index in [9.17, 15) is 10.2 Å². The maximum atomic E-state index is 9.53. The molecule has 0 bridgehead atoms. The lowest BCUT2D eigenvalue weighted by molar-refractivity contribution is 0.452. The van der Waals surface area contributed by atoms with Gasteiger partial charge in [-0.3, -0.25) is 0 Å². The van der Waals surface area contributed by atoms with E-state index in [2.05, 4.69) is 7.85 Å². The number of hydrogen-bond donors (Lipinski definition) is 2. The molecule has 82 valence electrons. The summed E-state index contributed by atoms with van der Waals surface area (Å²) in [6, 6.07) is 4.71. The molecular weight excluding hydrogens is 187 g/mol. The van der Waals surface area contributed by atoms with E-state index in [0.717, 1.165) is 18.4 Å². The number of aromatic hydroxyl groups is 2. The Morgan fingerprint density at radius 3 is 2.47 bits per heavy atom. The van der Waals surface area contributed by atoms with Gasteiger partial charge in [-0.15, -0.1) is 0 Å². The zero-order valence-corrected chi connectivity index (χ0v) is 9.37. The third-order valence-electron chi connectivity index (χ3n) is 2.61. The smallest absolute Gasteiger partial charge is 0.119 e. The molecule has 15 heavy (non-hydrogen) atoms. The van der Waals surface area contributed by atoms with Crippen LogP contribution in [-0.4, -0.2) is 18.1 Å². The molecule has 0 aromatic heterocycles. The lowest BCUT2D eigenvalue weighted by Gasteiger charge is -2.04. The van der Waals surface area contributed by atoms with Crippen molar-refractivity contribution in [3.8, 4) is 11.5 Å². The van der Waals surface area contributed by atoms with Gasteiger partial charge in [-0.2, -0.15) is 0 Å². The molecule has 0 saturated carbocycles. The van der Waals surface area contributed by atoms with Crippen LogP contribution in [0.3, 0.4) is 0 Å². The normalized spacial score (nSPS) is 10.4. The summed E-state index contributed by atoms with van der Waals surface area (Å²) in [5.41, 5.74) is 0.853. The molecule has 0 aliphatic carbocycles. The predicted octanol–water partition coefficient (Wildman–Crippen LogP) is 2.25. The standard InChI is InChI=1S/C12H19BO2/c13-8-4-2-1-3-5-10-9-11(14)6-7-12(10)15/h6-7,9,14-15H,1-5,8,13H2. The molecule has 1 aromatic rings. The van der Waals surface area contributed by atoms with E-state index in [4.69, 9.17) is 0 Å². The summed E-state index contributed by atoms with van der Waals surface area (Å²) in [7, 11) is 2.20. The number of rotatable bonds is 6. The SMILES string of the molecule is BCCCCCCc1cc(O)ccc1O. The monoisotopic (exact) mass is 206 g/mol.